The molecule has 0 unspecified atom stereocenters. The van der Waals surface area contributed by atoms with Crippen molar-refractivity contribution < 1.29 is 8.83 Å². The Kier molecular flexibility index (Phi) is 10.6. The maximum Gasteiger partial charge on any atom is 0.138 e. The van der Waals surface area contributed by atoms with E-state index < -0.39 is 16.1 Å². The fourth-order valence-corrected chi connectivity index (χ4v) is 12.6. The van der Waals surface area contributed by atoms with E-state index in [1.165, 1.54) is 21.5 Å². The first kappa shape index (κ1) is 43.7. The number of rotatable bonds is 10. The van der Waals surface area contributed by atoms with Crippen molar-refractivity contribution in [3.8, 4) is 0 Å². The minimum atomic E-state index is -1.52. The Balaban J connectivity index is 1.16. The molecule has 2 heterocycles. The topological polar surface area (TPSA) is 32.8 Å². The van der Waals surface area contributed by atoms with Crippen LogP contribution in [0, 0.1) is 0 Å². The Morgan fingerprint density at radius 1 is 0.338 bits per heavy atom. The molecule has 0 amide bonds. The van der Waals surface area contributed by atoms with Crippen molar-refractivity contribution >= 4 is 126 Å². The third-order valence-corrected chi connectivity index (χ3v) is 18.3. The smallest absolute Gasteiger partial charge is 0.138 e. The van der Waals surface area contributed by atoms with E-state index in [1.807, 2.05) is 0 Å². The second-order valence-electron chi connectivity index (χ2n) is 21.4. The second-order valence-corrected chi connectivity index (χ2v) is 31.6. The van der Waals surface area contributed by atoms with Crippen molar-refractivity contribution in [2.24, 2.45) is 0 Å². The van der Waals surface area contributed by atoms with Crippen LogP contribution >= 0.6 is 0 Å². The van der Waals surface area contributed by atoms with Gasteiger partial charge in [0.15, 0.2) is 0 Å². The van der Waals surface area contributed by atoms with E-state index in [2.05, 4.69) is 247 Å². The minimum absolute atomic E-state index is 0.439. The van der Waals surface area contributed by atoms with Gasteiger partial charge in [0.25, 0.3) is 0 Å². The van der Waals surface area contributed by atoms with E-state index in [0.717, 1.165) is 99.5 Å². The maximum atomic E-state index is 7.05. The summed E-state index contributed by atoms with van der Waals surface area (Å²) in [6.45, 7) is 23.5. The lowest BCUT2D eigenvalue weighted by molar-refractivity contribution is 0.663. The van der Waals surface area contributed by atoms with Crippen LogP contribution in [-0.4, -0.2) is 16.1 Å². The summed E-state index contributed by atoms with van der Waals surface area (Å²) >= 11 is 0. The highest BCUT2D eigenvalue weighted by Gasteiger charge is 2.27. The standard InChI is InChI=1S/C62H60N2O2Si2/c1-39(2)41-19-23-43(24-20-41)63(45-27-31-47(32-28-45)67(5,6)7)53-37-57-59(51-17-13-11-15-49(51)53)61-55(65-57)35-36-56-62(61)60-52-18-14-12-16-50(52)54(38-58(60)66-56)64(44-25-21-42(22-26-44)40(3)4)46-29-33-48(34-30-46)68(8,9)10/h11-40H,1-10H3. The number of hydrogen-bond acceptors (Lipinski definition) is 4. The van der Waals surface area contributed by atoms with Gasteiger partial charge in [0, 0.05) is 67.2 Å². The van der Waals surface area contributed by atoms with Gasteiger partial charge in [-0.25, -0.2) is 0 Å². The largest absolute Gasteiger partial charge is 0.456 e. The zero-order chi connectivity index (χ0) is 47.2. The molecule has 338 valence electrons. The number of hydrogen-bond donors (Lipinski definition) is 0. The first-order valence-electron chi connectivity index (χ1n) is 24.3. The summed E-state index contributed by atoms with van der Waals surface area (Å²) in [5.74, 6) is 0.877. The van der Waals surface area contributed by atoms with Gasteiger partial charge >= 0.3 is 0 Å². The molecule has 0 N–H and O–H groups in total. The SMILES string of the molecule is CC(C)c1ccc(N(c2ccc([Si](C)(C)C)cc2)c2cc3oc4ccc5oc6cc(N(c7ccc(C(C)C)cc7)c7ccc([Si](C)(C)C)cc7)c7ccccc7c6c5c4c3c3ccccc23)cc1. The maximum absolute atomic E-state index is 7.05. The lowest BCUT2D eigenvalue weighted by Crippen LogP contribution is -2.37. The summed E-state index contributed by atoms with van der Waals surface area (Å²) in [7, 11) is -3.04. The quantitative estimate of drug-likeness (QED) is 0.128. The Hall–Kier alpha value is -6.87. The van der Waals surface area contributed by atoms with Gasteiger partial charge in [-0.1, -0.05) is 174 Å². The highest BCUT2D eigenvalue weighted by Crippen LogP contribution is 2.50. The fraction of sp³-hybridized carbons (Fsp3) is 0.194. The van der Waals surface area contributed by atoms with Crippen LogP contribution in [0.4, 0.5) is 34.1 Å². The molecule has 11 rings (SSSR count). The zero-order valence-electron chi connectivity index (χ0n) is 41.0. The molecule has 0 atom stereocenters. The number of furan rings is 2. The molecule has 11 aromatic rings. The molecule has 0 fully saturated rings. The minimum Gasteiger partial charge on any atom is -0.456 e. The van der Waals surface area contributed by atoms with Crippen molar-refractivity contribution in [3.63, 3.8) is 0 Å². The second kappa shape index (κ2) is 16.4. The Morgan fingerprint density at radius 3 is 0.956 bits per heavy atom. The van der Waals surface area contributed by atoms with Gasteiger partial charge in [-0.15, -0.1) is 0 Å². The van der Waals surface area contributed by atoms with Crippen LogP contribution in [0.25, 0.3) is 65.4 Å². The summed E-state index contributed by atoms with van der Waals surface area (Å²) in [5, 5.41) is 11.8. The summed E-state index contributed by atoms with van der Waals surface area (Å²) in [6, 6.07) is 63.1. The van der Waals surface area contributed by atoms with Gasteiger partial charge in [0.05, 0.1) is 27.5 Å². The molecule has 0 spiro atoms. The van der Waals surface area contributed by atoms with E-state index >= 15 is 0 Å². The van der Waals surface area contributed by atoms with Crippen molar-refractivity contribution in [2.45, 2.75) is 78.8 Å². The molecule has 0 aliphatic heterocycles. The molecule has 0 saturated carbocycles. The van der Waals surface area contributed by atoms with Crippen molar-refractivity contribution in [1.29, 1.82) is 0 Å². The predicted molar refractivity (Wildman–Crippen MR) is 300 cm³/mol. The van der Waals surface area contributed by atoms with Crippen molar-refractivity contribution in [2.75, 3.05) is 9.80 Å². The Morgan fingerprint density at radius 2 is 0.647 bits per heavy atom. The molecule has 0 bridgehead atoms. The lowest BCUT2D eigenvalue weighted by Gasteiger charge is -2.28. The van der Waals surface area contributed by atoms with Gasteiger partial charge in [-0.2, -0.15) is 0 Å². The highest BCUT2D eigenvalue weighted by molar-refractivity contribution is 6.89. The average molecular weight is 921 g/mol. The van der Waals surface area contributed by atoms with Gasteiger partial charge in [-0.3, -0.25) is 0 Å². The zero-order valence-corrected chi connectivity index (χ0v) is 43.0. The third-order valence-electron chi connectivity index (χ3n) is 14.1. The van der Waals surface area contributed by atoms with Crippen LogP contribution in [-0.2, 0) is 0 Å². The molecular formula is C62H60N2O2Si2. The number of nitrogens with zero attached hydrogens (tertiary/aromatic N) is 2. The number of benzene rings is 9. The molecule has 6 heteroatoms. The van der Waals surface area contributed by atoms with Crippen LogP contribution in [0.2, 0.25) is 39.3 Å². The van der Waals surface area contributed by atoms with E-state index in [-0.39, 0.29) is 0 Å². The van der Waals surface area contributed by atoms with Crippen LogP contribution in [0.5, 0.6) is 0 Å². The Labute approximate surface area is 402 Å². The fourth-order valence-electron chi connectivity index (χ4n) is 10.3. The summed E-state index contributed by atoms with van der Waals surface area (Å²) in [4.78, 5) is 4.82. The van der Waals surface area contributed by atoms with Gasteiger partial charge in [0.2, 0.25) is 0 Å². The van der Waals surface area contributed by atoms with Crippen LogP contribution < -0.4 is 20.2 Å². The van der Waals surface area contributed by atoms with Gasteiger partial charge < -0.3 is 18.6 Å². The normalized spacial score (nSPS) is 12.5. The summed E-state index contributed by atoms with van der Waals surface area (Å²) in [5.41, 5.74) is 12.6. The van der Waals surface area contributed by atoms with E-state index in [9.17, 15) is 0 Å². The van der Waals surface area contributed by atoms with E-state index in [4.69, 9.17) is 8.83 Å². The molecule has 0 aliphatic rings. The molecule has 0 radical (unpaired) electrons. The van der Waals surface area contributed by atoms with Crippen LogP contribution in [0.1, 0.15) is 50.7 Å². The van der Waals surface area contributed by atoms with Gasteiger partial charge in [0.1, 0.15) is 22.3 Å². The van der Waals surface area contributed by atoms with Crippen molar-refractivity contribution in [1.82, 2.24) is 0 Å². The molecule has 0 aliphatic carbocycles. The van der Waals surface area contributed by atoms with E-state index in [0.29, 0.717) is 11.8 Å². The number of fused-ring (bicyclic) bond motifs is 11. The predicted octanol–water partition coefficient (Wildman–Crippen LogP) is 18.1. The monoisotopic (exact) mass is 920 g/mol. The molecule has 0 saturated heterocycles. The third kappa shape index (κ3) is 7.42. The summed E-state index contributed by atoms with van der Waals surface area (Å²) in [6.07, 6.45) is 0. The molecule has 4 nitrogen and oxygen atoms in total. The highest BCUT2D eigenvalue weighted by atomic mass is 28.3. The molecule has 2 aromatic heterocycles. The van der Waals surface area contributed by atoms with Gasteiger partial charge in [-0.05, 0) is 94.4 Å². The Bertz CT molecular complexity index is 3440. The summed E-state index contributed by atoms with van der Waals surface area (Å²) < 4.78 is 14.1. The van der Waals surface area contributed by atoms with E-state index in [1.54, 1.807) is 0 Å². The van der Waals surface area contributed by atoms with Crippen LogP contribution in [0.15, 0.2) is 179 Å². The average Bonchev–Trinajstić information content (AvgIpc) is 3.90. The first-order valence-corrected chi connectivity index (χ1v) is 31.3. The molecule has 68 heavy (non-hydrogen) atoms. The first-order chi connectivity index (χ1) is 32.6. The van der Waals surface area contributed by atoms with Crippen molar-refractivity contribution in [3.05, 3.63) is 181 Å². The number of anilines is 6. The molecule has 9 aromatic carbocycles. The molecular weight excluding hydrogens is 861 g/mol. The lowest BCUT2D eigenvalue weighted by atomic mass is 9.96. The van der Waals surface area contributed by atoms with Crippen LogP contribution in [0.3, 0.4) is 0 Å².